The molecule has 0 bridgehead atoms. The zero-order valence-corrected chi connectivity index (χ0v) is 14.1. The lowest BCUT2D eigenvalue weighted by Gasteiger charge is -2.19. The Balaban J connectivity index is 1.66. The van der Waals surface area contributed by atoms with Crippen molar-refractivity contribution in [1.82, 2.24) is 0 Å². The van der Waals surface area contributed by atoms with Gasteiger partial charge in [-0.15, -0.1) is 0 Å². The highest BCUT2D eigenvalue weighted by atomic mass is 16.5. The van der Waals surface area contributed by atoms with E-state index >= 15 is 0 Å². The van der Waals surface area contributed by atoms with Crippen molar-refractivity contribution < 1.29 is 9.68 Å². The van der Waals surface area contributed by atoms with E-state index in [1.165, 1.54) is 16.7 Å². The summed E-state index contributed by atoms with van der Waals surface area (Å²) < 4.78 is 5.35. The summed E-state index contributed by atoms with van der Waals surface area (Å²) >= 11 is 0. The Kier molecular flexibility index (Phi) is 4.69. The molecule has 0 fully saturated rings. The molecule has 1 heterocycles. The molecule has 3 aromatic carbocycles. The van der Waals surface area contributed by atoms with Gasteiger partial charge in [-0.3, -0.25) is 0 Å². The summed E-state index contributed by atoms with van der Waals surface area (Å²) in [5.41, 5.74) is 5.94. The Bertz CT molecular complexity index is 792. The quantitative estimate of drug-likeness (QED) is 0.727. The fraction of sp³-hybridized carbons (Fsp3) is 0.182. The predicted molar refractivity (Wildman–Crippen MR) is 102 cm³/mol. The Morgan fingerprint density at radius 2 is 1.44 bits per heavy atom. The highest BCUT2D eigenvalue weighted by molar-refractivity contribution is 6.61. The van der Waals surface area contributed by atoms with Crippen LogP contribution in [0.5, 0.6) is 0 Å². The number of benzene rings is 3. The highest BCUT2D eigenvalue weighted by Gasteiger charge is 2.28. The van der Waals surface area contributed by atoms with Gasteiger partial charge in [0.15, 0.2) is 0 Å². The summed E-state index contributed by atoms with van der Waals surface area (Å²) in [6, 6.07) is 27.6. The molecule has 0 aromatic heterocycles. The monoisotopic (exact) mass is 328 g/mol. The standard InChI is InChI=1S/C22H21BO2/c24-23-22-15-19(11-12-20(22)16-25-23)21(13-17-7-3-1-4-8-17)14-18-9-5-2-6-10-18/h1-12,15,21,24H,13-14,16H2. The molecule has 25 heavy (non-hydrogen) atoms. The zero-order chi connectivity index (χ0) is 17.1. The van der Waals surface area contributed by atoms with Crippen LogP contribution in [0.4, 0.5) is 0 Å². The van der Waals surface area contributed by atoms with E-state index in [0.717, 1.165) is 23.9 Å². The maximum Gasteiger partial charge on any atom is 0.491 e. The SMILES string of the molecule is OB1OCc2ccc(C(Cc3ccccc3)Cc3ccccc3)cc21. The second kappa shape index (κ2) is 7.26. The lowest BCUT2D eigenvalue weighted by atomic mass is 9.76. The van der Waals surface area contributed by atoms with E-state index in [1.807, 2.05) is 0 Å². The van der Waals surface area contributed by atoms with Crippen molar-refractivity contribution in [3.8, 4) is 0 Å². The molecule has 1 aliphatic heterocycles. The summed E-state index contributed by atoms with van der Waals surface area (Å²) in [4.78, 5) is 0. The van der Waals surface area contributed by atoms with E-state index in [0.29, 0.717) is 12.5 Å². The number of hydrogen-bond acceptors (Lipinski definition) is 2. The van der Waals surface area contributed by atoms with Crippen LogP contribution in [-0.4, -0.2) is 12.1 Å². The van der Waals surface area contributed by atoms with Crippen LogP contribution in [0.25, 0.3) is 0 Å². The molecular formula is C22H21BO2. The van der Waals surface area contributed by atoms with Gasteiger partial charge in [0, 0.05) is 0 Å². The molecule has 0 amide bonds. The van der Waals surface area contributed by atoms with Gasteiger partial charge < -0.3 is 9.68 Å². The third-order valence-corrected chi connectivity index (χ3v) is 4.95. The molecule has 3 aromatic rings. The van der Waals surface area contributed by atoms with Gasteiger partial charge in [0.1, 0.15) is 0 Å². The second-order valence-corrected chi connectivity index (χ2v) is 6.70. The average Bonchev–Trinajstić information content (AvgIpc) is 3.03. The first kappa shape index (κ1) is 16.1. The fourth-order valence-corrected chi connectivity index (χ4v) is 3.59. The third-order valence-electron chi connectivity index (χ3n) is 4.95. The molecular weight excluding hydrogens is 307 g/mol. The molecule has 0 aliphatic carbocycles. The first-order chi connectivity index (χ1) is 12.3. The lowest BCUT2D eigenvalue weighted by molar-refractivity contribution is 0.275. The summed E-state index contributed by atoms with van der Waals surface area (Å²) in [6.07, 6.45) is 1.96. The highest BCUT2D eigenvalue weighted by Crippen LogP contribution is 2.26. The van der Waals surface area contributed by atoms with Crippen molar-refractivity contribution in [1.29, 1.82) is 0 Å². The van der Waals surface area contributed by atoms with E-state index in [-0.39, 0.29) is 0 Å². The number of fused-ring (bicyclic) bond motifs is 1. The minimum atomic E-state index is -0.788. The summed E-state index contributed by atoms with van der Waals surface area (Å²) in [5.74, 6) is 0.364. The average molecular weight is 328 g/mol. The van der Waals surface area contributed by atoms with Gasteiger partial charge in [0.2, 0.25) is 0 Å². The van der Waals surface area contributed by atoms with Crippen LogP contribution in [0.15, 0.2) is 78.9 Å². The van der Waals surface area contributed by atoms with Crippen LogP contribution in [0.3, 0.4) is 0 Å². The van der Waals surface area contributed by atoms with Crippen LogP contribution < -0.4 is 5.46 Å². The fourth-order valence-electron chi connectivity index (χ4n) is 3.59. The topological polar surface area (TPSA) is 29.5 Å². The Morgan fingerprint density at radius 1 is 0.840 bits per heavy atom. The maximum atomic E-state index is 10.0. The molecule has 3 heteroatoms. The van der Waals surface area contributed by atoms with Gasteiger partial charge in [-0.1, -0.05) is 78.9 Å². The molecule has 0 saturated carbocycles. The molecule has 0 unspecified atom stereocenters. The summed E-state index contributed by atoms with van der Waals surface area (Å²) in [7, 11) is -0.788. The zero-order valence-electron chi connectivity index (χ0n) is 14.1. The molecule has 0 radical (unpaired) electrons. The van der Waals surface area contributed by atoms with E-state index in [2.05, 4.69) is 78.9 Å². The smallest absolute Gasteiger partial charge is 0.423 e. The van der Waals surface area contributed by atoms with E-state index in [4.69, 9.17) is 4.65 Å². The third kappa shape index (κ3) is 3.68. The number of rotatable bonds is 5. The van der Waals surface area contributed by atoms with Crippen LogP contribution in [0, 0.1) is 0 Å². The molecule has 0 spiro atoms. The van der Waals surface area contributed by atoms with Gasteiger partial charge in [0.05, 0.1) is 6.61 Å². The van der Waals surface area contributed by atoms with Crippen LogP contribution in [0.2, 0.25) is 0 Å². The first-order valence-corrected chi connectivity index (χ1v) is 8.80. The van der Waals surface area contributed by atoms with Crippen LogP contribution in [-0.2, 0) is 24.1 Å². The summed E-state index contributed by atoms with van der Waals surface area (Å²) in [5, 5.41) is 10.0. The minimum absolute atomic E-state index is 0.364. The van der Waals surface area contributed by atoms with Crippen LogP contribution >= 0.6 is 0 Å². The van der Waals surface area contributed by atoms with E-state index in [9.17, 15) is 5.02 Å². The van der Waals surface area contributed by atoms with Gasteiger partial charge in [-0.05, 0) is 46.5 Å². The van der Waals surface area contributed by atoms with Crippen LogP contribution in [0.1, 0.15) is 28.2 Å². The van der Waals surface area contributed by atoms with Gasteiger partial charge in [-0.25, -0.2) is 0 Å². The van der Waals surface area contributed by atoms with Crippen molar-refractivity contribution >= 4 is 12.6 Å². The largest absolute Gasteiger partial charge is 0.491 e. The Labute approximate surface area is 149 Å². The van der Waals surface area contributed by atoms with Gasteiger partial charge in [0.25, 0.3) is 0 Å². The van der Waals surface area contributed by atoms with Gasteiger partial charge in [-0.2, -0.15) is 0 Å². The normalized spacial score (nSPS) is 13.3. The minimum Gasteiger partial charge on any atom is -0.423 e. The van der Waals surface area contributed by atoms with E-state index < -0.39 is 7.12 Å². The van der Waals surface area contributed by atoms with Crippen molar-refractivity contribution in [2.24, 2.45) is 0 Å². The van der Waals surface area contributed by atoms with Crippen molar-refractivity contribution in [3.05, 3.63) is 101 Å². The molecule has 0 atom stereocenters. The van der Waals surface area contributed by atoms with Crippen molar-refractivity contribution in [2.45, 2.75) is 25.4 Å². The van der Waals surface area contributed by atoms with Crippen molar-refractivity contribution in [3.63, 3.8) is 0 Å². The molecule has 1 aliphatic rings. The first-order valence-electron chi connectivity index (χ1n) is 8.80. The summed E-state index contributed by atoms with van der Waals surface area (Å²) in [6.45, 7) is 0.499. The van der Waals surface area contributed by atoms with Crippen molar-refractivity contribution in [2.75, 3.05) is 0 Å². The Morgan fingerprint density at radius 3 is 2.04 bits per heavy atom. The predicted octanol–water partition coefficient (Wildman–Crippen LogP) is 3.47. The second-order valence-electron chi connectivity index (χ2n) is 6.70. The Hall–Kier alpha value is -2.36. The molecule has 2 nitrogen and oxygen atoms in total. The lowest BCUT2D eigenvalue weighted by Crippen LogP contribution is -2.28. The molecule has 0 saturated heterocycles. The van der Waals surface area contributed by atoms with Gasteiger partial charge >= 0.3 is 7.12 Å². The molecule has 124 valence electrons. The van der Waals surface area contributed by atoms with E-state index in [1.54, 1.807) is 0 Å². The molecule has 1 N–H and O–H groups in total. The maximum absolute atomic E-state index is 10.0. The number of hydrogen-bond donors (Lipinski definition) is 1. The molecule has 4 rings (SSSR count).